The second kappa shape index (κ2) is 9.05. The maximum atomic E-state index is 13.6. The van der Waals surface area contributed by atoms with Crippen molar-refractivity contribution < 1.29 is 4.39 Å². The first-order valence-electron chi connectivity index (χ1n) is 9.93. The normalized spacial score (nSPS) is 28.4. The standard InChI is InChI=1S/C20H30FN5.HI/c1-2-22-19(23-13-18-14-25-8-10-26(18)11-9-25)24-15-20(6-7-20)16-4-3-5-17(21)12-16;/h3-5,12,18H,2,6-11,13-15H2,1H3,(H2,22,23,24);1H. The molecule has 1 unspecified atom stereocenters. The van der Waals surface area contributed by atoms with Gasteiger partial charge in [-0.2, -0.15) is 0 Å². The first-order valence-corrected chi connectivity index (χ1v) is 9.93. The molecule has 0 amide bonds. The van der Waals surface area contributed by atoms with Crippen LogP contribution in [0, 0.1) is 5.82 Å². The van der Waals surface area contributed by atoms with Gasteiger partial charge in [0.05, 0.1) is 6.54 Å². The number of fused-ring (bicyclic) bond motifs is 3. The molecule has 1 saturated carbocycles. The number of benzene rings is 1. The Morgan fingerprint density at radius 2 is 2.00 bits per heavy atom. The van der Waals surface area contributed by atoms with E-state index in [-0.39, 0.29) is 35.2 Å². The van der Waals surface area contributed by atoms with Gasteiger partial charge in [0.25, 0.3) is 0 Å². The van der Waals surface area contributed by atoms with Crippen LogP contribution in [-0.4, -0.2) is 74.2 Å². The number of hydrogen-bond acceptors (Lipinski definition) is 3. The van der Waals surface area contributed by atoms with Gasteiger partial charge in [0.1, 0.15) is 5.82 Å². The van der Waals surface area contributed by atoms with Crippen LogP contribution in [-0.2, 0) is 5.41 Å². The van der Waals surface area contributed by atoms with Crippen molar-refractivity contribution in [1.29, 1.82) is 0 Å². The molecule has 2 N–H and O–H groups in total. The lowest BCUT2D eigenvalue weighted by Crippen LogP contribution is -2.63. The van der Waals surface area contributed by atoms with Gasteiger partial charge in [-0.05, 0) is 37.5 Å². The number of nitrogens with one attached hydrogen (secondary N) is 2. The minimum absolute atomic E-state index is 0. The van der Waals surface area contributed by atoms with Crippen LogP contribution in [0.15, 0.2) is 29.3 Å². The van der Waals surface area contributed by atoms with E-state index in [1.165, 1.54) is 32.2 Å². The number of nitrogens with zero attached hydrogens (tertiary/aromatic N) is 3. The van der Waals surface area contributed by atoms with Gasteiger partial charge in [-0.1, -0.05) is 12.1 Å². The van der Waals surface area contributed by atoms with E-state index >= 15 is 0 Å². The number of rotatable bonds is 6. The molecule has 3 heterocycles. The van der Waals surface area contributed by atoms with E-state index < -0.39 is 0 Å². The molecule has 5 rings (SSSR count). The first-order chi connectivity index (χ1) is 12.7. The lowest BCUT2D eigenvalue weighted by molar-refractivity contribution is 0.0154. The van der Waals surface area contributed by atoms with E-state index in [1.54, 1.807) is 12.1 Å². The maximum absolute atomic E-state index is 13.6. The Labute approximate surface area is 178 Å². The average molecular weight is 487 g/mol. The molecule has 27 heavy (non-hydrogen) atoms. The molecule has 1 aliphatic carbocycles. The topological polar surface area (TPSA) is 42.9 Å². The Bertz CT molecular complexity index is 656. The number of piperazine rings is 3. The molecule has 0 aromatic heterocycles. The highest BCUT2D eigenvalue weighted by Gasteiger charge is 2.44. The van der Waals surface area contributed by atoms with E-state index in [4.69, 9.17) is 4.99 Å². The SMILES string of the molecule is CCNC(=NCC1(c2cccc(F)c2)CC1)NCC1CN2CCN1CC2.I. The van der Waals surface area contributed by atoms with Crippen LogP contribution in [0.1, 0.15) is 25.3 Å². The Morgan fingerprint density at radius 1 is 1.22 bits per heavy atom. The molecule has 150 valence electrons. The Balaban J connectivity index is 0.00000210. The van der Waals surface area contributed by atoms with Gasteiger partial charge in [-0.15, -0.1) is 24.0 Å². The molecule has 1 aromatic carbocycles. The third-order valence-corrected chi connectivity index (χ3v) is 6.07. The lowest BCUT2D eigenvalue weighted by Gasteiger charge is -2.47. The summed E-state index contributed by atoms with van der Waals surface area (Å²) in [6, 6.07) is 7.59. The highest BCUT2D eigenvalue weighted by atomic mass is 127. The smallest absolute Gasteiger partial charge is 0.191 e. The molecule has 3 aliphatic heterocycles. The third-order valence-electron chi connectivity index (χ3n) is 6.07. The van der Waals surface area contributed by atoms with Crippen molar-refractivity contribution in [3.8, 4) is 0 Å². The molecule has 4 fully saturated rings. The molecule has 1 aromatic rings. The third kappa shape index (κ3) is 4.92. The summed E-state index contributed by atoms with van der Waals surface area (Å²) in [5, 5.41) is 6.90. The molecule has 0 radical (unpaired) electrons. The monoisotopic (exact) mass is 487 g/mol. The fourth-order valence-corrected chi connectivity index (χ4v) is 4.21. The largest absolute Gasteiger partial charge is 0.357 e. The molecule has 2 bridgehead atoms. The minimum atomic E-state index is -0.154. The zero-order valence-corrected chi connectivity index (χ0v) is 18.4. The van der Waals surface area contributed by atoms with Crippen LogP contribution in [0.5, 0.6) is 0 Å². The summed E-state index contributed by atoms with van der Waals surface area (Å²) in [7, 11) is 0. The molecule has 7 heteroatoms. The summed E-state index contributed by atoms with van der Waals surface area (Å²) >= 11 is 0. The van der Waals surface area contributed by atoms with Crippen molar-refractivity contribution in [3.63, 3.8) is 0 Å². The van der Waals surface area contributed by atoms with Crippen LogP contribution in [0.3, 0.4) is 0 Å². The van der Waals surface area contributed by atoms with Crippen molar-refractivity contribution >= 4 is 29.9 Å². The summed E-state index contributed by atoms with van der Waals surface area (Å²) < 4.78 is 13.6. The Hall–Kier alpha value is -0.930. The van der Waals surface area contributed by atoms with Crippen molar-refractivity contribution in [2.75, 3.05) is 52.4 Å². The molecule has 0 spiro atoms. The molecule has 1 atom stereocenters. The first kappa shape index (κ1) is 20.8. The van der Waals surface area contributed by atoms with E-state index in [0.29, 0.717) is 12.6 Å². The molecular formula is C20H31FIN5. The number of halogens is 2. The Kier molecular flexibility index (Phi) is 6.97. The predicted molar refractivity (Wildman–Crippen MR) is 119 cm³/mol. The lowest BCUT2D eigenvalue weighted by atomic mass is 9.96. The molecule has 3 saturated heterocycles. The maximum Gasteiger partial charge on any atom is 0.191 e. The summed E-state index contributed by atoms with van der Waals surface area (Å²) in [4.78, 5) is 9.98. The van der Waals surface area contributed by atoms with Gasteiger partial charge < -0.3 is 10.6 Å². The van der Waals surface area contributed by atoms with Crippen LogP contribution >= 0.6 is 24.0 Å². The minimum Gasteiger partial charge on any atom is -0.357 e. The van der Waals surface area contributed by atoms with Crippen molar-refractivity contribution in [2.24, 2.45) is 4.99 Å². The number of guanidine groups is 1. The van der Waals surface area contributed by atoms with Gasteiger partial charge in [-0.25, -0.2) is 4.39 Å². The summed E-state index contributed by atoms with van der Waals surface area (Å²) in [5.74, 6) is 0.729. The van der Waals surface area contributed by atoms with Gasteiger partial charge >= 0.3 is 0 Å². The second-order valence-electron chi connectivity index (χ2n) is 7.86. The fourth-order valence-electron chi connectivity index (χ4n) is 4.21. The van der Waals surface area contributed by atoms with Gasteiger partial charge in [-0.3, -0.25) is 14.8 Å². The molecular weight excluding hydrogens is 456 g/mol. The van der Waals surface area contributed by atoms with E-state index in [2.05, 4.69) is 27.4 Å². The predicted octanol–water partition coefficient (Wildman–Crippen LogP) is 2.03. The van der Waals surface area contributed by atoms with E-state index in [0.717, 1.165) is 44.0 Å². The number of aliphatic imine (C=N–C) groups is 1. The van der Waals surface area contributed by atoms with E-state index in [9.17, 15) is 4.39 Å². The fraction of sp³-hybridized carbons (Fsp3) is 0.650. The van der Waals surface area contributed by atoms with Crippen molar-refractivity contribution in [1.82, 2.24) is 20.4 Å². The van der Waals surface area contributed by atoms with Gasteiger partial charge in [0.15, 0.2) is 5.96 Å². The van der Waals surface area contributed by atoms with Crippen LogP contribution in [0.4, 0.5) is 4.39 Å². The molecule has 5 nitrogen and oxygen atoms in total. The number of hydrogen-bond donors (Lipinski definition) is 2. The van der Waals surface area contributed by atoms with Crippen molar-refractivity contribution in [2.45, 2.75) is 31.2 Å². The quantitative estimate of drug-likeness (QED) is 0.366. The van der Waals surface area contributed by atoms with Crippen LogP contribution < -0.4 is 10.6 Å². The van der Waals surface area contributed by atoms with E-state index in [1.807, 2.05) is 6.07 Å². The average Bonchev–Trinajstić information content (AvgIpc) is 3.46. The Morgan fingerprint density at radius 3 is 2.59 bits per heavy atom. The summed E-state index contributed by atoms with van der Waals surface area (Å²) in [6.07, 6.45) is 2.18. The zero-order chi connectivity index (χ0) is 18.0. The summed E-state index contributed by atoms with van der Waals surface area (Å²) in [6.45, 7) is 10.5. The summed E-state index contributed by atoms with van der Waals surface area (Å²) in [5.41, 5.74) is 1.12. The van der Waals surface area contributed by atoms with Gasteiger partial charge in [0, 0.05) is 57.3 Å². The highest BCUT2D eigenvalue weighted by Crippen LogP contribution is 2.48. The zero-order valence-electron chi connectivity index (χ0n) is 16.1. The van der Waals surface area contributed by atoms with Crippen molar-refractivity contribution in [3.05, 3.63) is 35.6 Å². The molecule has 4 aliphatic rings. The second-order valence-corrected chi connectivity index (χ2v) is 7.86. The van der Waals surface area contributed by atoms with Crippen LogP contribution in [0.2, 0.25) is 0 Å². The van der Waals surface area contributed by atoms with Gasteiger partial charge in [0.2, 0.25) is 0 Å². The highest BCUT2D eigenvalue weighted by molar-refractivity contribution is 14.0. The van der Waals surface area contributed by atoms with Crippen LogP contribution in [0.25, 0.3) is 0 Å².